The van der Waals surface area contributed by atoms with Gasteiger partial charge in [0, 0.05) is 33.2 Å². The van der Waals surface area contributed by atoms with Crippen LogP contribution in [0.25, 0.3) is 105 Å². The van der Waals surface area contributed by atoms with E-state index < -0.39 is 0 Å². The van der Waals surface area contributed by atoms with Gasteiger partial charge in [-0.2, -0.15) is 0 Å². The highest BCUT2D eigenvalue weighted by molar-refractivity contribution is 6.13. The van der Waals surface area contributed by atoms with Crippen LogP contribution >= 0.6 is 0 Å². The van der Waals surface area contributed by atoms with Crippen LogP contribution in [0.3, 0.4) is 0 Å². The zero-order chi connectivity index (χ0) is 34.9. The molecule has 11 rings (SSSR count). The molecule has 4 nitrogen and oxygen atoms in total. The Bertz CT molecular complexity index is 3150. The lowest BCUT2D eigenvalue weighted by Crippen LogP contribution is -2.00. The molecule has 0 atom stereocenters. The zero-order valence-corrected chi connectivity index (χ0v) is 28.6. The van der Waals surface area contributed by atoms with Crippen molar-refractivity contribution in [2.45, 2.75) is 0 Å². The summed E-state index contributed by atoms with van der Waals surface area (Å²) in [6.45, 7) is 0. The van der Waals surface area contributed by atoms with E-state index in [1.54, 1.807) is 0 Å². The first-order valence-electron chi connectivity index (χ1n) is 17.9. The number of aromatic nitrogens is 4. The second kappa shape index (κ2) is 11.7. The van der Waals surface area contributed by atoms with Gasteiger partial charge in [0.25, 0.3) is 0 Å². The third-order valence-corrected chi connectivity index (χ3v) is 10.5. The molecule has 0 aliphatic carbocycles. The maximum Gasteiger partial charge on any atom is 0.164 e. The summed E-state index contributed by atoms with van der Waals surface area (Å²) in [4.78, 5) is 15.3. The van der Waals surface area contributed by atoms with Gasteiger partial charge < -0.3 is 4.57 Å². The maximum absolute atomic E-state index is 5.10. The standard InChI is InChI=1S/C49H30N4/c1-3-11-33-25-39(20-17-31(33)9-1)47-50-48(40-21-18-32-10-2-4-12-34(32)26-40)52-49(51-47)41-22-19-38-28-42(24-23-37(38)27-41)53-45-16-8-7-15-43(45)44-29-35-13-5-6-14-36(35)30-46(44)53/h1-30H. The fourth-order valence-corrected chi connectivity index (χ4v) is 7.86. The first-order chi connectivity index (χ1) is 26.2. The summed E-state index contributed by atoms with van der Waals surface area (Å²) in [6.07, 6.45) is 0. The van der Waals surface area contributed by atoms with Gasteiger partial charge in [-0.05, 0) is 91.6 Å². The fraction of sp³-hybridized carbons (Fsp3) is 0. The Morgan fingerprint density at radius 2 is 0.698 bits per heavy atom. The lowest BCUT2D eigenvalue weighted by molar-refractivity contribution is 1.08. The summed E-state index contributed by atoms with van der Waals surface area (Å²) in [7, 11) is 0. The molecule has 9 aromatic carbocycles. The van der Waals surface area contributed by atoms with Crippen LogP contribution in [0.4, 0.5) is 0 Å². The van der Waals surface area contributed by atoms with Crippen molar-refractivity contribution in [1.29, 1.82) is 0 Å². The summed E-state index contributed by atoms with van der Waals surface area (Å²) in [5.41, 5.74) is 6.39. The molecular weight excluding hydrogens is 645 g/mol. The van der Waals surface area contributed by atoms with Crippen molar-refractivity contribution in [2.75, 3.05) is 0 Å². The molecule has 246 valence electrons. The van der Waals surface area contributed by atoms with Crippen molar-refractivity contribution in [3.63, 3.8) is 0 Å². The van der Waals surface area contributed by atoms with E-state index in [0.717, 1.165) is 43.9 Å². The van der Waals surface area contributed by atoms with Crippen LogP contribution in [0.1, 0.15) is 0 Å². The Labute approximate surface area is 305 Å². The highest BCUT2D eigenvalue weighted by atomic mass is 15.0. The summed E-state index contributed by atoms with van der Waals surface area (Å²) in [6, 6.07) is 64.7. The molecule has 53 heavy (non-hydrogen) atoms. The molecule has 0 amide bonds. The molecule has 4 heteroatoms. The minimum Gasteiger partial charge on any atom is -0.309 e. The van der Waals surface area contributed by atoms with E-state index in [1.165, 1.54) is 43.4 Å². The third-order valence-electron chi connectivity index (χ3n) is 10.5. The Balaban J connectivity index is 1.06. The molecule has 0 aliphatic rings. The average Bonchev–Trinajstić information content (AvgIpc) is 3.55. The van der Waals surface area contributed by atoms with Crippen LogP contribution < -0.4 is 0 Å². The van der Waals surface area contributed by atoms with Gasteiger partial charge in [0.05, 0.1) is 11.0 Å². The fourth-order valence-electron chi connectivity index (χ4n) is 7.86. The summed E-state index contributed by atoms with van der Waals surface area (Å²) >= 11 is 0. The predicted molar refractivity (Wildman–Crippen MR) is 220 cm³/mol. The van der Waals surface area contributed by atoms with Crippen LogP contribution in [-0.2, 0) is 0 Å². The van der Waals surface area contributed by atoms with Crippen molar-refractivity contribution >= 4 is 64.9 Å². The Kier molecular flexibility index (Phi) is 6.52. The number of hydrogen-bond donors (Lipinski definition) is 0. The highest BCUT2D eigenvalue weighted by Crippen LogP contribution is 2.36. The molecule has 0 spiro atoms. The van der Waals surface area contributed by atoms with Crippen molar-refractivity contribution in [2.24, 2.45) is 0 Å². The molecule has 0 aliphatic heterocycles. The first-order valence-corrected chi connectivity index (χ1v) is 17.9. The Morgan fingerprint density at radius 1 is 0.283 bits per heavy atom. The van der Waals surface area contributed by atoms with Crippen molar-refractivity contribution < 1.29 is 0 Å². The van der Waals surface area contributed by atoms with E-state index in [1.807, 2.05) is 0 Å². The van der Waals surface area contributed by atoms with Gasteiger partial charge in [-0.25, -0.2) is 15.0 Å². The van der Waals surface area contributed by atoms with Crippen molar-refractivity contribution in [1.82, 2.24) is 19.5 Å². The first kappa shape index (κ1) is 29.5. The van der Waals surface area contributed by atoms with Gasteiger partial charge in [0.2, 0.25) is 0 Å². The second-order valence-electron chi connectivity index (χ2n) is 13.7. The van der Waals surface area contributed by atoms with Crippen LogP contribution in [-0.4, -0.2) is 19.5 Å². The van der Waals surface area contributed by atoms with Gasteiger partial charge >= 0.3 is 0 Å². The van der Waals surface area contributed by atoms with E-state index in [0.29, 0.717) is 17.5 Å². The van der Waals surface area contributed by atoms with Crippen LogP contribution in [0.2, 0.25) is 0 Å². The van der Waals surface area contributed by atoms with Gasteiger partial charge in [0.15, 0.2) is 17.5 Å². The Morgan fingerprint density at radius 3 is 1.28 bits per heavy atom. The molecule has 0 saturated heterocycles. The van der Waals surface area contributed by atoms with Crippen molar-refractivity contribution in [3.05, 3.63) is 182 Å². The van der Waals surface area contributed by atoms with Gasteiger partial charge in [-0.1, -0.05) is 133 Å². The highest BCUT2D eigenvalue weighted by Gasteiger charge is 2.16. The molecule has 0 fully saturated rings. The van der Waals surface area contributed by atoms with Crippen LogP contribution in [0.15, 0.2) is 182 Å². The molecule has 0 saturated carbocycles. The summed E-state index contributed by atoms with van der Waals surface area (Å²) < 4.78 is 2.39. The number of fused-ring (bicyclic) bond motifs is 7. The van der Waals surface area contributed by atoms with E-state index in [-0.39, 0.29) is 0 Å². The molecule has 2 aromatic heterocycles. The van der Waals surface area contributed by atoms with E-state index in [9.17, 15) is 0 Å². The van der Waals surface area contributed by atoms with E-state index in [4.69, 9.17) is 15.0 Å². The SMILES string of the molecule is c1ccc2cc(-c3nc(-c4ccc5ccccc5c4)nc(-c4ccc5cc(-n6c7ccccc7c7cc8ccccc8cc76)ccc5c4)n3)ccc2c1. The molecular formula is C49H30N4. The smallest absolute Gasteiger partial charge is 0.164 e. The molecule has 2 heterocycles. The largest absolute Gasteiger partial charge is 0.309 e. The number of para-hydroxylation sites is 1. The van der Waals surface area contributed by atoms with Crippen molar-refractivity contribution in [3.8, 4) is 39.9 Å². The molecule has 0 N–H and O–H groups in total. The number of rotatable bonds is 4. The normalized spacial score (nSPS) is 11.8. The predicted octanol–water partition coefficient (Wildman–Crippen LogP) is 12.6. The lowest BCUT2D eigenvalue weighted by Gasteiger charge is -2.12. The quantitative estimate of drug-likeness (QED) is 0.187. The van der Waals surface area contributed by atoms with Crippen LogP contribution in [0, 0.1) is 0 Å². The second-order valence-corrected chi connectivity index (χ2v) is 13.7. The minimum atomic E-state index is 0.645. The minimum absolute atomic E-state index is 0.645. The molecule has 11 aromatic rings. The van der Waals surface area contributed by atoms with Gasteiger partial charge in [0.1, 0.15) is 0 Å². The maximum atomic E-state index is 5.10. The van der Waals surface area contributed by atoms with E-state index >= 15 is 0 Å². The molecule has 0 unspecified atom stereocenters. The van der Waals surface area contributed by atoms with Gasteiger partial charge in [-0.3, -0.25) is 0 Å². The number of benzene rings is 9. The zero-order valence-electron chi connectivity index (χ0n) is 28.6. The lowest BCUT2D eigenvalue weighted by atomic mass is 10.0. The number of nitrogens with zero attached hydrogens (tertiary/aromatic N) is 4. The summed E-state index contributed by atoms with van der Waals surface area (Å²) in [5.74, 6) is 1.95. The summed E-state index contributed by atoms with van der Waals surface area (Å²) in [5, 5.41) is 11.9. The van der Waals surface area contributed by atoms with E-state index in [2.05, 4.69) is 187 Å². The average molecular weight is 675 g/mol. The Hall–Kier alpha value is -7.17. The number of hydrogen-bond acceptors (Lipinski definition) is 3. The molecule has 0 radical (unpaired) electrons. The van der Waals surface area contributed by atoms with Crippen LogP contribution in [0.5, 0.6) is 0 Å². The van der Waals surface area contributed by atoms with Gasteiger partial charge in [-0.15, -0.1) is 0 Å². The third kappa shape index (κ3) is 4.95. The topological polar surface area (TPSA) is 43.6 Å². The monoisotopic (exact) mass is 674 g/mol. The molecule has 0 bridgehead atoms.